The van der Waals surface area contributed by atoms with Crippen molar-refractivity contribution in [3.63, 3.8) is 0 Å². The number of benzene rings is 4. The monoisotopic (exact) mass is 652 g/mol. The Balaban J connectivity index is 1.50. The predicted octanol–water partition coefficient (Wildman–Crippen LogP) is 4.93. The number of methoxy groups -OCH3 is 4. The minimum atomic E-state index is -0.686. The van der Waals surface area contributed by atoms with Crippen molar-refractivity contribution >= 4 is 35.8 Å². The lowest BCUT2D eigenvalue weighted by Crippen LogP contribution is -2.32. The van der Waals surface area contributed by atoms with Crippen LogP contribution in [-0.2, 0) is 4.79 Å². The van der Waals surface area contributed by atoms with Gasteiger partial charge in [-0.15, -0.1) is 0 Å². The Morgan fingerprint density at radius 1 is 0.688 bits per heavy atom. The highest BCUT2D eigenvalue weighted by molar-refractivity contribution is 6.05. The molecule has 2 N–H and O–H groups in total. The van der Waals surface area contributed by atoms with Gasteiger partial charge in [0.1, 0.15) is 5.70 Å². The van der Waals surface area contributed by atoms with Crippen molar-refractivity contribution in [1.82, 2.24) is 10.7 Å². The van der Waals surface area contributed by atoms with E-state index in [9.17, 15) is 14.4 Å². The third kappa shape index (κ3) is 8.69. The standard InChI is InChI=1S/C36H36N4O8/c1-40(2)27-15-12-23(13-16-27)18-28(38-34(41)25-10-8-7-9-11-25)35(42)39-37-22-24-14-17-29(30(19-24)44-3)48-36(43)26-20-31(45-4)33(47-6)32(21-26)46-5/h7-22H,1-6H3,(H,38,41)(H,39,42). The number of ether oxygens (including phenoxy) is 5. The summed E-state index contributed by atoms with van der Waals surface area (Å²) in [6.45, 7) is 0. The molecule has 0 unspecified atom stereocenters. The zero-order valence-electron chi connectivity index (χ0n) is 27.4. The molecular formula is C36H36N4O8. The second-order valence-corrected chi connectivity index (χ2v) is 10.3. The number of amides is 2. The molecule has 248 valence electrons. The van der Waals surface area contributed by atoms with Crippen LogP contribution in [0.25, 0.3) is 6.08 Å². The molecule has 0 atom stereocenters. The number of nitrogens with zero attached hydrogens (tertiary/aromatic N) is 2. The van der Waals surface area contributed by atoms with Crippen LogP contribution in [-0.4, -0.2) is 66.5 Å². The number of esters is 1. The van der Waals surface area contributed by atoms with Gasteiger partial charge < -0.3 is 33.9 Å². The van der Waals surface area contributed by atoms with Crippen molar-refractivity contribution in [2.75, 3.05) is 47.4 Å². The number of carbonyl (C=O) groups is 3. The quantitative estimate of drug-likeness (QED) is 0.0678. The largest absolute Gasteiger partial charge is 0.493 e. The van der Waals surface area contributed by atoms with Crippen LogP contribution in [0.15, 0.2) is 95.7 Å². The maximum absolute atomic E-state index is 13.2. The van der Waals surface area contributed by atoms with Crippen molar-refractivity contribution in [2.24, 2.45) is 5.10 Å². The van der Waals surface area contributed by atoms with Crippen LogP contribution in [0.5, 0.6) is 28.7 Å². The van der Waals surface area contributed by atoms with Gasteiger partial charge in [-0.25, -0.2) is 10.2 Å². The molecular weight excluding hydrogens is 616 g/mol. The first kappa shape index (κ1) is 34.6. The zero-order chi connectivity index (χ0) is 34.6. The van der Waals surface area contributed by atoms with E-state index in [1.54, 1.807) is 48.5 Å². The summed E-state index contributed by atoms with van der Waals surface area (Å²) in [6.07, 6.45) is 2.94. The predicted molar refractivity (Wildman–Crippen MR) is 182 cm³/mol. The highest BCUT2D eigenvalue weighted by Gasteiger charge is 2.20. The van der Waals surface area contributed by atoms with Gasteiger partial charge in [0.25, 0.3) is 11.8 Å². The van der Waals surface area contributed by atoms with Crippen LogP contribution in [0.4, 0.5) is 5.69 Å². The van der Waals surface area contributed by atoms with E-state index in [1.807, 2.05) is 43.3 Å². The molecule has 0 aliphatic carbocycles. The molecule has 0 spiro atoms. The first-order valence-electron chi connectivity index (χ1n) is 14.6. The summed E-state index contributed by atoms with van der Waals surface area (Å²) >= 11 is 0. The Labute approximate surface area is 278 Å². The van der Waals surface area contributed by atoms with E-state index >= 15 is 0 Å². The average Bonchev–Trinajstić information content (AvgIpc) is 3.11. The highest BCUT2D eigenvalue weighted by Crippen LogP contribution is 2.39. The minimum Gasteiger partial charge on any atom is -0.493 e. The zero-order valence-corrected chi connectivity index (χ0v) is 27.4. The molecule has 4 aromatic carbocycles. The fraction of sp³-hybridized carbons (Fsp3) is 0.167. The van der Waals surface area contributed by atoms with Crippen LogP contribution >= 0.6 is 0 Å². The van der Waals surface area contributed by atoms with Gasteiger partial charge in [-0.1, -0.05) is 30.3 Å². The lowest BCUT2D eigenvalue weighted by molar-refractivity contribution is -0.117. The highest BCUT2D eigenvalue weighted by atomic mass is 16.6. The van der Waals surface area contributed by atoms with Crippen LogP contribution in [0, 0.1) is 0 Å². The summed E-state index contributed by atoms with van der Waals surface area (Å²) in [6, 6.07) is 23.7. The molecule has 0 radical (unpaired) electrons. The fourth-order valence-corrected chi connectivity index (χ4v) is 4.41. The van der Waals surface area contributed by atoms with Crippen molar-refractivity contribution in [3.8, 4) is 28.7 Å². The van der Waals surface area contributed by atoms with Gasteiger partial charge in [0.05, 0.1) is 40.2 Å². The van der Waals surface area contributed by atoms with Gasteiger partial charge in [-0.2, -0.15) is 5.10 Å². The number of rotatable bonds is 13. The van der Waals surface area contributed by atoms with Crippen molar-refractivity contribution in [3.05, 3.63) is 113 Å². The Kier molecular flexibility index (Phi) is 11.8. The Bertz CT molecular complexity index is 1790. The lowest BCUT2D eigenvalue weighted by atomic mass is 10.1. The second-order valence-electron chi connectivity index (χ2n) is 10.3. The van der Waals surface area contributed by atoms with Gasteiger partial charge in [0.15, 0.2) is 23.0 Å². The van der Waals surface area contributed by atoms with E-state index in [0.717, 1.165) is 5.69 Å². The van der Waals surface area contributed by atoms with E-state index in [2.05, 4.69) is 15.8 Å². The van der Waals surface area contributed by atoms with E-state index in [4.69, 9.17) is 23.7 Å². The first-order chi connectivity index (χ1) is 23.2. The van der Waals surface area contributed by atoms with E-state index in [0.29, 0.717) is 33.9 Å². The third-order valence-corrected chi connectivity index (χ3v) is 6.92. The lowest BCUT2D eigenvalue weighted by Gasteiger charge is -2.14. The topological polar surface area (TPSA) is 137 Å². The molecule has 2 amide bonds. The number of nitrogens with one attached hydrogen (secondary N) is 2. The Hall–Kier alpha value is -6.30. The SMILES string of the molecule is COc1cc(C=NNC(=O)C(=Cc2ccc(N(C)C)cc2)NC(=O)c2ccccc2)ccc1OC(=O)c1cc(OC)c(OC)c(OC)c1. The number of hydrogen-bond acceptors (Lipinski definition) is 10. The summed E-state index contributed by atoms with van der Waals surface area (Å²) in [5.74, 6) is -0.468. The maximum atomic E-state index is 13.2. The van der Waals surface area contributed by atoms with Crippen LogP contribution < -0.4 is 39.3 Å². The second kappa shape index (κ2) is 16.3. The van der Waals surface area contributed by atoms with E-state index < -0.39 is 17.8 Å². The van der Waals surface area contributed by atoms with Crippen molar-refractivity contribution in [2.45, 2.75) is 0 Å². The third-order valence-electron chi connectivity index (χ3n) is 6.92. The average molecular weight is 653 g/mol. The van der Waals surface area contributed by atoms with Crippen LogP contribution in [0.1, 0.15) is 31.8 Å². The van der Waals surface area contributed by atoms with Crippen LogP contribution in [0.3, 0.4) is 0 Å². The molecule has 48 heavy (non-hydrogen) atoms. The van der Waals surface area contributed by atoms with Gasteiger partial charge in [-0.05, 0) is 71.8 Å². The first-order valence-corrected chi connectivity index (χ1v) is 14.6. The molecule has 0 saturated heterocycles. The van der Waals surface area contributed by atoms with E-state index in [1.165, 1.54) is 52.9 Å². The normalized spacial score (nSPS) is 11.0. The van der Waals surface area contributed by atoms with Gasteiger partial charge in [-0.3, -0.25) is 9.59 Å². The summed E-state index contributed by atoms with van der Waals surface area (Å²) in [4.78, 5) is 41.1. The molecule has 0 heterocycles. The molecule has 0 fully saturated rings. The Morgan fingerprint density at radius 3 is 1.90 bits per heavy atom. The maximum Gasteiger partial charge on any atom is 0.343 e. The molecule has 0 saturated carbocycles. The Morgan fingerprint density at radius 2 is 1.31 bits per heavy atom. The molecule has 12 nitrogen and oxygen atoms in total. The number of hydrazone groups is 1. The molecule has 4 rings (SSSR count). The minimum absolute atomic E-state index is 0.00904. The van der Waals surface area contributed by atoms with Crippen LogP contribution in [0.2, 0.25) is 0 Å². The molecule has 0 aromatic heterocycles. The molecule has 0 aliphatic heterocycles. The fourth-order valence-electron chi connectivity index (χ4n) is 4.41. The molecule has 0 bridgehead atoms. The summed E-state index contributed by atoms with van der Waals surface area (Å²) < 4.78 is 27.0. The molecule has 0 aliphatic rings. The smallest absolute Gasteiger partial charge is 0.343 e. The summed E-state index contributed by atoms with van der Waals surface area (Å²) in [7, 11) is 9.63. The van der Waals surface area contributed by atoms with Gasteiger partial charge in [0.2, 0.25) is 5.75 Å². The molecule has 12 heteroatoms. The number of anilines is 1. The number of hydrogen-bond donors (Lipinski definition) is 2. The summed E-state index contributed by atoms with van der Waals surface area (Å²) in [5, 5.41) is 6.74. The summed E-state index contributed by atoms with van der Waals surface area (Å²) in [5.41, 5.74) is 5.20. The van der Waals surface area contributed by atoms with Gasteiger partial charge >= 0.3 is 5.97 Å². The number of carbonyl (C=O) groups excluding carboxylic acids is 3. The van der Waals surface area contributed by atoms with Crippen molar-refractivity contribution in [1.29, 1.82) is 0 Å². The molecule has 4 aromatic rings. The van der Waals surface area contributed by atoms with Gasteiger partial charge in [0, 0.05) is 25.3 Å². The van der Waals surface area contributed by atoms with E-state index in [-0.39, 0.29) is 22.8 Å². The van der Waals surface area contributed by atoms with Crippen molar-refractivity contribution < 1.29 is 38.1 Å².